The fourth-order valence-electron chi connectivity index (χ4n) is 0. The molecule has 0 aromatic heterocycles. The molecule has 2 nitrogen and oxygen atoms in total. The SMILES string of the molecule is [C-]#N.[C-]#N.[Fe+2].[V]. The minimum atomic E-state index is 0. The van der Waals surface area contributed by atoms with Crippen molar-refractivity contribution in [3.63, 3.8) is 0 Å². The van der Waals surface area contributed by atoms with Crippen LogP contribution in [0.3, 0.4) is 0 Å². The van der Waals surface area contributed by atoms with E-state index in [2.05, 4.69) is 0 Å². The summed E-state index contributed by atoms with van der Waals surface area (Å²) in [5.41, 5.74) is 0. The summed E-state index contributed by atoms with van der Waals surface area (Å²) in [4.78, 5) is 0. The summed E-state index contributed by atoms with van der Waals surface area (Å²) < 4.78 is 0. The third kappa shape index (κ3) is 5520. The zero-order chi connectivity index (χ0) is 4.00. The van der Waals surface area contributed by atoms with Crippen LogP contribution >= 0.6 is 0 Å². The van der Waals surface area contributed by atoms with Crippen molar-refractivity contribution in [2.24, 2.45) is 0 Å². The molecule has 0 atom stereocenters. The van der Waals surface area contributed by atoms with E-state index in [1.165, 1.54) is 0 Å². The van der Waals surface area contributed by atoms with Crippen molar-refractivity contribution in [2.45, 2.75) is 0 Å². The summed E-state index contributed by atoms with van der Waals surface area (Å²) in [6.07, 6.45) is 0. The molecule has 0 bridgehead atoms. The molecule has 31 valence electrons. The fraction of sp³-hybridized carbons (Fsp3) is 0. The van der Waals surface area contributed by atoms with Crippen LogP contribution in [0.4, 0.5) is 0 Å². The number of nitrogens with zero attached hydrogens (tertiary/aromatic N) is 2. The molecule has 0 aromatic carbocycles. The number of hydrogen-bond donors (Lipinski definition) is 0. The summed E-state index contributed by atoms with van der Waals surface area (Å²) in [5, 5.41) is 12.5. The molecule has 6 heavy (non-hydrogen) atoms. The van der Waals surface area contributed by atoms with E-state index in [1.807, 2.05) is 0 Å². The smallest absolute Gasteiger partial charge is 0.512 e. The van der Waals surface area contributed by atoms with Gasteiger partial charge in [-0.25, -0.2) is 0 Å². The van der Waals surface area contributed by atoms with E-state index in [4.69, 9.17) is 23.7 Å². The second-order valence-corrected chi connectivity index (χ2v) is 0. The van der Waals surface area contributed by atoms with Crippen molar-refractivity contribution >= 4 is 0 Å². The van der Waals surface area contributed by atoms with Gasteiger partial charge in [-0.3, -0.25) is 0 Å². The van der Waals surface area contributed by atoms with Crippen molar-refractivity contribution in [1.29, 1.82) is 10.5 Å². The van der Waals surface area contributed by atoms with Gasteiger partial charge in [0.05, 0.1) is 0 Å². The maximum Gasteiger partial charge on any atom is 2.00 e. The Kier molecular flexibility index (Phi) is 72700. The Labute approximate surface area is 59.5 Å². The topological polar surface area (TPSA) is 47.6 Å². The molecule has 0 fully saturated rings. The van der Waals surface area contributed by atoms with Gasteiger partial charge in [0.2, 0.25) is 0 Å². The standard InChI is InChI=1S/2CN.Fe.V/c2*1-2;;/q2*-1;+2;. The van der Waals surface area contributed by atoms with Crippen molar-refractivity contribution in [3.8, 4) is 0 Å². The van der Waals surface area contributed by atoms with Crippen molar-refractivity contribution in [3.05, 3.63) is 13.1 Å². The van der Waals surface area contributed by atoms with E-state index in [0.29, 0.717) is 0 Å². The third-order valence-electron chi connectivity index (χ3n) is 0. The summed E-state index contributed by atoms with van der Waals surface area (Å²) in [6.45, 7) is 9.50. The summed E-state index contributed by atoms with van der Waals surface area (Å²) >= 11 is 0. The molecule has 0 heterocycles. The maximum atomic E-state index is 6.25. The molecule has 0 aliphatic heterocycles. The second kappa shape index (κ2) is 12000. The molecule has 0 N–H and O–H groups in total. The van der Waals surface area contributed by atoms with Crippen molar-refractivity contribution in [2.75, 3.05) is 0 Å². The van der Waals surface area contributed by atoms with E-state index in [1.54, 1.807) is 0 Å². The maximum absolute atomic E-state index is 6.25. The predicted octanol–water partition coefficient (Wildman–Crippen LogP) is 0.188. The van der Waals surface area contributed by atoms with Crippen LogP contribution in [-0.4, -0.2) is 0 Å². The molecule has 0 aliphatic rings. The van der Waals surface area contributed by atoms with Crippen LogP contribution in [0.2, 0.25) is 0 Å². The monoisotopic (exact) mass is 159 g/mol. The zero-order valence-electron chi connectivity index (χ0n) is 2.70. The Bertz CT molecular complexity index is 27.0. The van der Waals surface area contributed by atoms with E-state index in [0.717, 1.165) is 0 Å². The largest absolute Gasteiger partial charge is 2.00 e. The van der Waals surface area contributed by atoms with Gasteiger partial charge in [-0.05, 0) is 0 Å². The van der Waals surface area contributed by atoms with Crippen LogP contribution in [0.15, 0.2) is 0 Å². The average Bonchev–Trinajstić information content (AvgIpc) is 1.50. The Morgan fingerprint density at radius 3 is 0.833 bits per heavy atom. The van der Waals surface area contributed by atoms with Gasteiger partial charge in [0.1, 0.15) is 0 Å². The zero-order valence-corrected chi connectivity index (χ0v) is 5.20. The Balaban J connectivity index is -0.00000000500. The van der Waals surface area contributed by atoms with Gasteiger partial charge in [-0.1, -0.05) is 0 Å². The van der Waals surface area contributed by atoms with Gasteiger partial charge < -0.3 is 23.7 Å². The first-order valence-corrected chi connectivity index (χ1v) is 0.447. The van der Waals surface area contributed by atoms with Gasteiger partial charge in [0, 0.05) is 18.6 Å². The molecule has 0 rings (SSSR count). The van der Waals surface area contributed by atoms with E-state index >= 15 is 0 Å². The minimum absolute atomic E-state index is 0. The first-order valence-electron chi connectivity index (χ1n) is 0.447. The quantitative estimate of drug-likeness (QED) is 0.374. The normalized spacial score (nSPS) is 0.667. The van der Waals surface area contributed by atoms with Gasteiger partial charge in [0.15, 0.2) is 0 Å². The molecule has 1 radical (unpaired) electrons. The van der Waals surface area contributed by atoms with Crippen LogP contribution < -0.4 is 0 Å². The number of rotatable bonds is 0. The minimum Gasteiger partial charge on any atom is -0.512 e. The molecule has 0 unspecified atom stereocenters. The van der Waals surface area contributed by atoms with Crippen LogP contribution in [0.25, 0.3) is 0 Å². The third-order valence-corrected chi connectivity index (χ3v) is 0. The summed E-state index contributed by atoms with van der Waals surface area (Å²) in [5.74, 6) is 0. The van der Waals surface area contributed by atoms with Crippen LogP contribution in [0, 0.1) is 23.7 Å². The fourth-order valence-corrected chi connectivity index (χ4v) is 0. The molecule has 0 aliphatic carbocycles. The first-order chi connectivity index (χ1) is 2.00. The Morgan fingerprint density at radius 1 is 0.833 bits per heavy atom. The van der Waals surface area contributed by atoms with Crippen LogP contribution in [0.5, 0.6) is 0 Å². The first kappa shape index (κ1) is 36.2. The van der Waals surface area contributed by atoms with Gasteiger partial charge in [-0.15, -0.1) is 0 Å². The molecular formula is C2FeN2V. The van der Waals surface area contributed by atoms with E-state index < -0.39 is 0 Å². The second-order valence-electron chi connectivity index (χ2n) is 0. The predicted molar refractivity (Wildman–Crippen MR) is 9.94 cm³/mol. The molecule has 0 spiro atoms. The van der Waals surface area contributed by atoms with Crippen molar-refractivity contribution in [1.82, 2.24) is 0 Å². The van der Waals surface area contributed by atoms with Crippen LogP contribution in [0.1, 0.15) is 0 Å². The summed E-state index contributed by atoms with van der Waals surface area (Å²) in [7, 11) is 0. The van der Waals surface area contributed by atoms with E-state index in [-0.39, 0.29) is 35.6 Å². The van der Waals surface area contributed by atoms with Crippen molar-refractivity contribution < 1.29 is 35.6 Å². The average molecular weight is 159 g/mol. The van der Waals surface area contributed by atoms with Gasteiger partial charge in [0.25, 0.3) is 0 Å². The number of hydrogen-bond acceptors (Lipinski definition) is 2. The Morgan fingerprint density at radius 2 is 0.833 bits per heavy atom. The van der Waals surface area contributed by atoms with Gasteiger partial charge in [-0.2, -0.15) is 0 Å². The van der Waals surface area contributed by atoms with Crippen LogP contribution in [-0.2, 0) is 35.6 Å². The molecule has 0 aromatic rings. The molecule has 0 amide bonds. The molecule has 4 heteroatoms. The van der Waals surface area contributed by atoms with E-state index in [9.17, 15) is 0 Å². The molecule has 0 saturated carbocycles. The molecule has 0 saturated heterocycles. The molecular weight excluding hydrogens is 159 g/mol. The van der Waals surface area contributed by atoms with Gasteiger partial charge >= 0.3 is 17.1 Å². The summed E-state index contributed by atoms with van der Waals surface area (Å²) in [6, 6.07) is 0. The Hall–Kier alpha value is 0.0839.